The van der Waals surface area contributed by atoms with Crippen LogP contribution in [0.25, 0.3) is 10.6 Å². The molecule has 2 aromatic rings. The van der Waals surface area contributed by atoms with Gasteiger partial charge in [-0.25, -0.2) is 4.79 Å². The molecule has 0 spiro atoms. The summed E-state index contributed by atoms with van der Waals surface area (Å²) >= 11 is 4.88. The van der Waals surface area contributed by atoms with Gasteiger partial charge in [0.1, 0.15) is 0 Å². The summed E-state index contributed by atoms with van der Waals surface area (Å²) in [7, 11) is 0. The van der Waals surface area contributed by atoms with Gasteiger partial charge in [-0.15, -0.1) is 11.3 Å². The molecule has 0 atom stereocenters. The maximum Gasteiger partial charge on any atom is 0.360 e. The number of esters is 1. The van der Waals surface area contributed by atoms with Crippen molar-refractivity contribution in [3.8, 4) is 10.6 Å². The number of alkyl halides is 1. The second-order valence-corrected chi connectivity index (χ2v) is 4.68. The van der Waals surface area contributed by atoms with Crippen LogP contribution in [0.2, 0.25) is 0 Å². The fraction of sp³-hybridized carbons (Fsp3) is 0.273. The van der Waals surface area contributed by atoms with Crippen molar-refractivity contribution in [1.82, 2.24) is 5.16 Å². The summed E-state index contributed by atoms with van der Waals surface area (Å²) in [6.07, 6.45) is 0. The molecule has 0 saturated carbocycles. The van der Waals surface area contributed by atoms with Crippen LogP contribution in [0.4, 0.5) is 0 Å². The predicted molar refractivity (Wildman–Crippen MR) is 68.4 cm³/mol. The fourth-order valence-corrected chi connectivity index (χ4v) is 2.64. The standard InChI is InChI=1S/C11H10BrNO3S/c1-2-15-11(14)9-7(6-12)10(16-13-9)8-4-3-5-17-8/h3-5H,2,6H2,1H3. The lowest BCUT2D eigenvalue weighted by Crippen LogP contribution is -2.07. The van der Waals surface area contributed by atoms with Crippen LogP contribution in [0.3, 0.4) is 0 Å². The Kier molecular flexibility index (Phi) is 3.96. The molecule has 0 fully saturated rings. The zero-order valence-electron chi connectivity index (χ0n) is 9.10. The molecule has 0 radical (unpaired) electrons. The first kappa shape index (κ1) is 12.3. The Morgan fingerprint density at radius 3 is 3.06 bits per heavy atom. The van der Waals surface area contributed by atoms with E-state index in [4.69, 9.17) is 9.26 Å². The predicted octanol–water partition coefficient (Wildman–Crippen LogP) is 3.47. The first-order valence-electron chi connectivity index (χ1n) is 5.03. The Morgan fingerprint density at radius 2 is 2.47 bits per heavy atom. The maximum atomic E-state index is 11.6. The minimum atomic E-state index is -0.450. The van der Waals surface area contributed by atoms with Gasteiger partial charge in [0.2, 0.25) is 0 Å². The molecule has 4 nitrogen and oxygen atoms in total. The highest BCUT2D eigenvalue weighted by Crippen LogP contribution is 2.31. The van der Waals surface area contributed by atoms with Gasteiger partial charge in [-0.05, 0) is 18.4 Å². The number of thiophene rings is 1. The van der Waals surface area contributed by atoms with Crippen LogP contribution in [0, 0.1) is 0 Å². The summed E-state index contributed by atoms with van der Waals surface area (Å²) in [4.78, 5) is 12.6. The van der Waals surface area contributed by atoms with Gasteiger partial charge < -0.3 is 9.26 Å². The maximum absolute atomic E-state index is 11.6. The van der Waals surface area contributed by atoms with Crippen LogP contribution in [0.1, 0.15) is 23.0 Å². The SMILES string of the molecule is CCOC(=O)c1noc(-c2cccs2)c1CBr. The van der Waals surface area contributed by atoms with E-state index in [-0.39, 0.29) is 5.69 Å². The average Bonchev–Trinajstić information content (AvgIpc) is 2.97. The molecule has 17 heavy (non-hydrogen) atoms. The minimum absolute atomic E-state index is 0.243. The summed E-state index contributed by atoms with van der Waals surface area (Å²) < 4.78 is 10.2. The molecule has 0 saturated heterocycles. The summed E-state index contributed by atoms with van der Waals surface area (Å²) in [5.74, 6) is 0.174. The van der Waals surface area contributed by atoms with Gasteiger partial charge in [0.25, 0.3) is 0 Å². The lowest BCUT2D eigenvalue weighted by molar-refractivity contribution is 0.0514. The molecular weight excluding hydrogens is 306 g/mol. The summed E-state index contributed by atoms with van der Waals surface area (Å²) in [6.45, 7) is 2.08. The van der Waals surface area contributed by atoms with Gasteiger partial charge in [-0.2, -0.15) is 0 Å². The Hall–Kier alpha value is -1.14. The fourth-order valence-electron chi connectivity index (χ4n) is 1.39. The quantitative estimate of drug-likeness (QED) is 0.640. The zero-order chi connectivity index (χ0) is 12.3. The van der Waals surface area contributed by atoms with E-state index in [1.165, 1.54) is 11.3 Å². The van der Waals surface area contributed by atoms with E-state index in [1.807, 2.05) is 17.5 Å². The van der Waals surface area contributed by atoms with E-state index < -0.39 is 5.97 Å². The third kappa shape index (κ3) is 2.42. The highest BCUT2D eigenvalue weighted by Gasteiger charge is 2.23. The molecule has 0 unspecified atom stereocenters. The van der Waals surface area contributed by atoms with Gasteiger partial charge in [0.15, 0.2) is 11.5 Å². The number of rotatable bonds is 4. The van der Waals surface area contributed by atoms with Crippen molar-refractivity contribution in [3.05, 3.63) is 28.8 Å². The lowest BCUT2D eigenvalue weighted by atomic mass is 10.2. The summed E-state index contributed by atoms with van der Waals surface area (Å²) in [6, 6.07) is 3.84. The number of halogens is 1. The molecule has 2 rings (SSSR count). The van der Waals surface area contributed by atoms with Crippen LogP contribution < -0.4 is 0 Å². The van der Waals surface area contributed by atoms with Crippen LogP contribution >= 0.6 is 27.3 Å². The van der Waals surface area contributed by atoms with Gasteiger partial charge in [0, 0.05) is 10.9 Å². The van der Waals surface area contributed by atoms with Crippen LogP contribution in [0.5, 0.6) is 0 Å². The Labute approximate surface area is 111 Å². The molecule has 0 aliphatic heterocycles. The highest BCUT2D eigenvalue weighted by molar-refractivity contribution is 9.08. The molecule has 0 aliphatic rings. The van der Waals surface area contributed by atoms with Crippen molar-refractivity contribution in [3.63, 3.8) is 0 Å². The van der Waals surface area contributed by atoms with Crippen LogP contribution in [-0.2, 0) is 10.1 Å². The molecule has 6 heteroatoms. The highest BCUT2D eigenvalue weighted by atomic mass is 79.9. The van der Waals surface area contributed by atoms with Crippen molar-refractivity contribution in [1.29, 1.82) is 0 Å². The van der Waals surface area contributed by atoms with Gasteiger partial charge in [0.05, 0.1) is 11.5 Å². The second-order valence-electron chi connectivity index (χ2n) is 3.17. The molecule has 0 aliphatic carbocycles. The number of ether oxygens (including phenoxy) is 1. The van der Waals surface area contributed by atoms with Gasteiger partial charge in [-0.1, -0.05) is 27.2 Å². The Bertz CT molecular complexity index is 507. The van der Waals surface area contributed by atoms with E-state index in [0.717, 1.165) is 10.4 Å². The van der Waals surface area contributed by atoms with E-state index in [9.17, 15) is 4.79 Å². The molecule has 90 valence electrons. The largest absolute Gasteiger partial charge is 0.461 e. The molecule has 2 aromatic heterocycles. The average molecular weight is 316 g/mol. The molecular formula is C11H10BrNO3S. The smallest absolute Gasteiger partial charge is 0.360 e. The number of carbonyl (C=O) groups excluding carboxylic acids is 1. The number of aromatic nitrogens is 1. The van der Waals surface area contributed by atoms with E-state index in [0.29, 0.717) is 17.7 Å². The number of nitrogens with zero attached hydrogens (tertiary/aromatic N) is 1. The number of hydrogen-bond donors (Lipinski definition) is 0. The number of carbonyl (C=O) groups is 1. The molecule has 0 bridgehead atoms. The molecule has 0 aromatic carbocycles. The van der Waals surface area contributed by atoms with Gasteiger partial charge >= 0.3 is 5.97 Å². The lowest BCUT2D eigenvalue weighted by Gasteiger charge is -1.99. The van der Waals surface area contributed by atoms with E-state index in [1.54, 1.807) is 6.92 Å². The Morgan fingerprint density at radius 1 is 1.65 bits per heavy atom. The minimum Gasteiger partial charge on any atom is -0.461 e. The summed E-state index contributed by atoms with van der Waals surface area (Å²) in [5.41, 5.74) is 0.970. The van der Waals surface area contributed by atoms with Crippen LogP contribution in [0.15, 0.2) is 22.0 Å². The molecule has 2 heterocycles. The third-order valence-corrected chi connectivity index (χ3v) is 3.56. The zero-order valence-corrected chi connectivity index (χ0v) is 11.5. The first-order chi connectivity index (χ1) is 8.27. The first-order valence-corrected chi connectivity index (χ1v) is 7.03. The van der Waals surface area contributed by atoms with Crippen molar-refractivity contribution in [2.75, 3.05) is 6.61 Å². The summed E-state index contributed by atoms with van der Waals surface area (Å²) in [5, 5.41) is 6.23. The second kappa shape index (κ2) is 5.46. The van der Waals surface area contributed by atoms with Crippen molar-refractivity contribution in [2.24, 2.45) is 0 Å². The number of hydrogen-bond acceptors (Lipinski definition) is 5. The van der Waals surface area contributed by atoms with Crippen molar-refractivity contribution >= 4 is 33.2 Å². The monoisotopic (exact) mass is 315 g/mol. The van der Waals surface area contributed by atoms with Crippen molar-refractivity contribution in [2.45, 2.75) is 12.3 Å². The normalized spacial score (nSPS) is 10.5. The topological polar surface area (TPSA) is 52.3 Å². The van der Waals surface area contributed by atoms with Gasteiger partial charge in [-0.3, -0.25) is 0 Å². The van der Waals surface area contributed by atoms with E-state index >= 15 is 0 Å². The Balaban J connectivity index is 2.40. The molecule has 0 N–H and O–H groups in total. The third-order valence-electron chi connectivity index (χ3n) is 2.14. The molecule has 0 amide bonds. The van der Waals surface area contributed by atoms with Crippen LogP contribution in [-0.4, -0.2) is 17.7 Å². The van der Waals surface area contributed by atoms with Crippen molar-refractivity contribution < 1.29 is 14.1 Å². The van der Waals surface area contributed by atoms with E-state index in [2.05, 4.69) is 21.1 Å².